The number of nitrogens with two attached hydrogens (primary N) is 1. The van der Waals surface area contributed by atoms with E-state index in [-0.39, 0.29) is 12.1 Å². The Bertz CT molecular complexity index is 441. The van der Waals surface area contributed by atoms with E-state index >= 15 is 0 Å². The Morgan fingerprint density at radius 2 is 2.10 bits per heavy atom. The summed E-state index contributed by atoms with van der Waals surface area (Å²) in [6.45, 7) is 1.92. The smallest absolute Gasteiger partial charge is 0.347 e. The molecular weight excluding hydrogens is 254 g/mol. The van der Waals surface area contributed by atoms with E-state index in [0.29, 0.717) is 17.9 Å². The SMILES string of the molecule is CCC(Oc1cccc(N)c1)C(=O)OC1CCCCC1. The summed E-state index contributed by atoms with van der Waals surface area (Å²) in [4.78, 5) is 12.2. The van der Waals surface area contributed by atoms with Crippen molar-refractivity contribution in [1.29, 1.82) is 0 Å². The summed E-state index contributed by atoms with van der Waals surface area (Å²) >= 11 is 0. The average Bonchev–Trinajstić information content (AvgIpc) is 2.46. The second-order valence-corrected chi connectivity index (χ2v) is 5.28. The zero-order chi connectivity index (χ0) is 14.4. The highest BCUT2D eigenvalue weighted by Gasteiger charge is 2.25. The molecule has 1 fully saturated rings. The summed E-state index contributed by atoms with van der Waals surface area (Å²) in [7, 11) is 0. The standard InChI is InChI=1S/C16H23NO3/c1-2-15(19-14-10-6-7-12(17)11-14)16(18)20-13-8-4-3-5-9-13/h6-7,10-11,13,15H,2-5,8-9,17H2,1H3. The van der Waals surface area contributed by atoms with Crippen LogP contribution in [-0.2, 0) is 9.53 Å². The number of anilines is 1. The molecule has 1 unspecified atom stereocenters. The van der Waals surface area contributed by atoms with E-state index in [1.54, 1.807) is 18.2 Å². The van der Waals surface area contributed by atoms with Crippen LogP contribution in [-0.4, -0.2) is 18.2 Å². The molecule has 0 bridgehead atoms. The normalized spacial score (nSPS) is 17.4. The minimum atomic E-state index is -0.557. The Labute approximate surface area is 120 Å². The second-order valence-electron chi connectivity index (χ2n) is 5.28. The lowest BCUT2D eigenvalue weighted by Crippen LogP contribution is -2.32. The molecule has 0 heterocycles. The van der Waals surface area contributed by atoms with E-state index < -0.39 is 6.10 Å². The topological polar surface area (TPSA) is 61.5 Å². The summed E-state index contributed by atoms with van der Waals surface area (Å²) in [6.07, 6.45) is 5.57. The summed E-state index contributed by atoms with van der Waals surface area (Å²) in [6, 6.07) is 7.11. The van der Waals surface area contributed by atoms with E-state index in [1.165, 1.54) is 6.42 Å². The van der Waals surface area contributed by atoms with Crippen LogP contribution in [0.3, 0.4) is 0 Å². The Hall–Kier alpha value is -1.71. The lowest BCUT2D eigenvalue weighted by Gasteiger charge is -2.24. The predicted molar refractivity (Wildman–Crippen MR) is 78.5 cm³/mol. The van der Waals surface area contributed by atoms with E-state index in [4.69, 9.17) is 15.2 Å². The van der Waals surface area contributed by atoms with Gasteiger partial charge in [0.2, 0.25) is 0 Å². The highest BCUT2D eigenvalue weighted by atomic mass is 16.6. The van der Waals surface area contributed by atoms with E-state index in [2.05, 4.69) is 0 Å². The molecule has 20 heavy (non-hydrogen) atoms. The Morgan fingerprint density at radius 1 is 1.35 bits per heavy atom. The Morgan fingerprint density at radius 3 is 2.75 bits per heavy atom. The Kier molecular flexibility index (Phi) is 5.27. The van der Waals surface area contributed by atoms with Gasteiger partial charge in [0.15, 0.2) is 6.10 Å². The number of rotatable bonds is 5. The van der Waals surface area contributed by atoms with Crippen molar-refractivity contribution in [2.75, 3.05) is 5.73 Å². The molecule has 2 N–H and O–H groups in total. The molecule has 1 atom stereocenters. The molecule has 0 spiro atoms. The van der Waals surface area contributed by atoms with Gasteiger partial charge in [-0.15, -0.1) is 0 Å². The Balaban J connectivity index is 1.91. The maximum absolute atomic E-state index is 12.2. The summed E-state index contributed by atoms with van der Waals surface area (Å²) in [5, 5.41) is 0. The molecule has 1 aliphatic carbocycles. The van der Waals surface area contributed by atoms with Gasteiger partial charge < -0.3 is 15.2 Å². The zero-order valence-electron chi connectivity index (χ0n) is 12.0. The lowest BCUT2D eigenvalue weighted by atomic mass is 9.98. The van der Waals surface area contributed by atoms with Gasteiger partial charge in [-0.05, 0) is 44.2 Å². The quantitative estimate of drug-likeness (QED) is 0.662. The molecule has 4 heteroatoms. The molecule has 1 aromatic carbocycles. The predicted octanol–water partition coefficient (Wildman–Crippen LogP) is 3.30. The molecule has 110 valence electrons. The van der Waals surface area contributed by atoms with E-state index in [0.717, 1.165) is 25.7 Å². The first-order valence-electron chi connectivity index (χ1n) is 7.41. The van der Waals surface area contributed by atoms with Crippen molar-refractivity contribution in [3.05, 3.63) is 24.3 Å². The van der Waals surface area contributed by atoms with Gasteiger partial charge in [-0.3, -0.25) is 0 Å². The highest BCUT2D eigenvalue weighted by Crippen LogP contribution is 2.22. The fourth-order valence-electron chi connectivity index (χ4n) is 2.47. The third kappa shape index (κ3) is 4.15. The fourth-order valence-corrected chi connectivity index (χ4v) is 2.47. The highest BCUT2D eigenvalue weighted by molar-refractivity contribution is 5.75. The van der Waals surface area contributed by atoms with Gasteiger partial charge in [-0.2, -0.15) is 0 Å². The maximum Gasteiger partial charge on any atom is 0.347 e. The summed E-state index contributed by atoms with van der Waals surface area (Å²) in [5.74, 6) is 0.347. The minimum Gasteiger partial charge on any atom is -0.479 e. The van der Waals surface area contributed by atoms with Gasteiger partial charge in [-0.25, -0.2) is 4.79 Å². The first-order chi connectivity index (χ1) is 9.69. The minimum absolute atomic E-state index is 0.0646. The lowest BCUT2D eigenvalue weighted by molar-refractivity contribution is -0.159. The maximum atomic E-state index is 12.2. The number of carbonyl (C=O) groups excluding carboxylic acids is 1. The third-order valence-electron chi connectivity index (χ3n) is 3.61. The van der Waals surface area contributed by atoms with Crippen molar-refractivity contribution >= 4 is 11.7 Å². The summed E-state index contributed by atoms with van der Waals surface area (Å²) < 4.78 is 11.2. The van der Waals surface area contributed by atoms with Crippen molar-refractivity contribution in [3.63, 3.8) is 0 Å². The van der Waals surface area contributed by atoms with Gasteiger partial charge in [-0.1, -0.05) is 19.4 Å². The molecule has 0 amide bonds. The van der Waals surface area contributed by atoms with Crippen molar-refractivity contribution in [3.8, 4) is 5.75 Å². The molecule has 0 aromatic heterocycles. The third-order valence-corrected chi connectivity index (χ3v) is 3.61. The van der Waals surface area contributed by atoms with E-state index in [9.17, 15) is 4.79 Å². The number of esters is 1. The van der Waals surface area contributed by atoms with Crippen LogP contribution in [0.25, 0.3) is 0 Å². The van der Waals surface area contributed by atoms with Crippen LogP contribution >= 0.6 is 0 Å². The van der Waals surface area contributed by atoms with Crippen LogP contribution in [0.4, 0.5) is 5.69 Å². The van der Waals surface area contributed by atoms with Crippen molar-refractivity contribution in [2.45, 2.75) is 57.7 Å². The van der Waals surface area contributed by atoms with Crippen LogP contribution < -0.4 is 10.5 Å². The molecule has 4 nitrogen and oxygen atoms in total. The molecule has 1 aliphatic rings. The van der Waals surface area contributed by atoms with Crippen LogP contribution in [0.15, 0.2) is 24.3 Å². The zero-order valence-corrected chi connectivity index (χ0v) is 12.0. The van der Waals surface area contributed by atoms with Crippen molar-refractivity contribution < 1.29 is 14.3 Å². The molecular formula is C16H23NO3. The summed E-state index contributed by atoms with van der Waals surface area (Å²) in [5.41, 5.74) is 6.33. The number of nitrogen functional groups attached to an aromatic ring is 1. The number of hydrogen-bond acceptors (Lipinski definition) is 4. The number of ether oxygens (including phenoxy) is 2. The van der Waals surface area contributed by atoms with E-state index in [1.807, 2.05) is 13.0 Å². The van der Waals surface area contributed by atoms with Crippen LogP contribution in [0.1, 0.15) is 45.4 Å². The molecule has 1 saturated carbocycles. The van der Waals surface area contributed by atoms with Crippen LogP contribution in [0.5, 0.6) is 5.75 Å². The molecule has 0 radical (unpaired) electrons. The molecule has 1 aromatic rings. The van der Waals surface area contributed by atoms with Gasteiger partial charge in [0.25, 0.3) is 0 Å². The van der Waals surface area contributed by atoms with Crippen LogP contribution in [0.2, 0.25) is 0 Å². The van der Waals surface area contributed by atoms with Gasteiger partial charge in [0.1, 0.15) is 11.9 Å². The first-order valence-corrected chi connectivity index (χ1v) is 7.41. The number of benzene rings is 1. The van der Waals surface area contributed by atoms with Gasteiger partial charge in [0, 0.05) is 11.8 Å². The molecule has 2 rings (SSSR count). The molecule has 0 saturated heterocycles. The monoisotopic (exact) mass is 277 g/mol. The number of hydrogen-bond donors (Lipinski definition) is 1. The number of carbonyl (C=O) groups is 1. The largest absolute Gasteiger partial charge is 0.479 e. The van der Waals surface area contributed by atoms with Gasteiger partial charge in [0.05, 0.1) is 0 Å². The van der Waals surface area contributed by atoms with Crippen molar-refractivity contribution in [2.24, 2.45) is 0 Å². The molecule has 0 aliphatic heterocycles. The van der Waals surface area contributed by atoms with Gasteiger partial charge >= 0.3 is 5.97 Å². The second kappa shape index (κ2) is 7.17. The average molecular weight is 277 g/mol. The fraction of sp³-hybridized carbons (Fsp3) is 0.562. The van der Waals surface area contributed by atoms with Crippen LogP contribution in [0, 0.1) is 0 Å². The van der Waals surface area contributed by atoms with Crippen molar-refractivity contribution in [1.82, 2.24) is 0 Å². The first kappa shape index (κ1) is 14.7.